The summed E-state index contributed by atoms with van der Waals surface area (Å²) in [7, 11) is 0. The van der Waals surface area contributed by atoms with E-state index in [0.717, 1.165) is 57.5 Å². The molecular formula is C21H28N4O3. The third-order valence-corrected chi connectivity index (χ3v) is 6.24. The van der Waals surface area contributed by atoms with Crippen molar-refractivity contribution in [2.45, 2.75) is 50.9 Å². The van der Waals surface area contributed by atoms with Gasteiger partial charge in [0.25, 0.3) is 0 Å². The summed E-state index contributed by atoms with van der Waals surface area (Å²) >= 11 is 0. The molecule has 1 atom stereocenters. The number of imide groups is 1. The zero-order valence-electron chi connectivity index (χ0n) is 16.2. The number of nitrogens with one attached hydrogen (secondary N) is 1. The standard InChI is InChI=1S/C21H28N4O3/c26-19-7-5-17(20(27)23-19)18-6-4-16(14-22-18)24-12-8-15(9-13-24)21(28)25-10-2-1-3-11-25/h4,6,14-15,17H,1-3,5,7-13H2,(H,23,26,27). The summed E-state index contributed by atoms with van der Waals surface area (Å²) in [5.74, 6) is -0.330. The van der Waals surface area contributed by atoms with Gasteiger partial charge in [0, 0.05) is 38.5 Å². The maximum absolute atomic E-state index is 12.7. The van der Waals surface area contributed by atoms with Crippen molar-refractivity contribution < 1.29 is 14.4 Å². The number of amides is 3. The zero-order valence-corrected chi connectivity index (χ0v) is 16.2. The lowest BCUT2D eigenvalue weighted by atomic mass is 9.93. The van der Waals surface area contributed by atoms with Crippen molar-refractivity contribution in [2.24, 2.45) is 5.92 Å². The largest absolute Gasteiger partial charge is 0.370 e. The number of carbonyl (C=O) groups excluding carboxylic acids is 3. The van der Waals surface area contributed by atoms with E-state index in [0.29, 0.717) is 24.4 Å². The Morgan fingerprint density at radius 1 is 1.00 bits per heavy atom. The first kappa shape index (κ1) is 18.9. The lowest BCUT2D eigenvalue weighted by Gasteiger charge is -2.36. The lowest BCUT2D eigenvalue weighted by Crippen LogP contribution is -2.44. The SMILES string of the molecule is O=C1CCC(c2ccc(N3CCC(C(=O)N4CCCCC4)CC3)cn2)C(=O)N1. The predicted octanol–water partition coefficient (Wildman–Crippen LogP) is 1.83. The fourth-order valence-corrected chi connectivity index (χ4v) is 4.52. The highest BCUT2D eigenvalue weighted by molar-refractivity contribution is 6.00. The second kappa shape index (κ2) is 8.29. The highest BCUT2D eigenvalue weighted by Gasteiger charge is 2.31. The molecule has 1 aromatic rings. The van der Waals surface area contributed by atoms with Gasteiger partial charge in [-0.15, -0.1) is 0 Å². The molecule has 0 bridgehead atoms. The summed E-state index contributed by atoms with van der Waals surface area (Å²) in [5, 5.41) is 2.38. The first-order valence-corrected chi connectivity index (χ1v) is 10.4. The number of anilines is 1. The summed E-state index contributed by atoms with van der Waals surface area (Å²) in [6, 6.07) is 3.89. The molecule has 7 heteroatoms. The van der Waals surface area contributed by atoms with Crippen molar-refractivity contribution in [1.29, 1.82) is 0 Å². The van der Waals surface area contributed by atoms with Gasteiger partial charge in [0.1, 0.15) is 0 Å². The van der Waals surface area contributed by atoms with E-state index in [2.05, 4.69) is 20.1 Å². The van der Waals surface area contributed by atoms with Crippen LogP contribution in [0.5, 0.6) is 0 Å². The third kappa shape index (κ3) is 4.03. The summed E-state index contributed by atoms with van der Waals surface area (Å²) < 4.78 is 0. The van der Waals surface area contributed by atoms with Gasteiger partial charge in [-0.3, -0.25) is 24.7 Å². The van der Waals surface area contributed by atoms with Crippen LogP contribution in [0.3, 0.4) is 0 Å². The monoisotopic (exact) mass is 384 g/mol. The van der Waals surface area contributed by atoms with Gasteiger partial charge in [-0.1, -0.05) is 0 Å². The average Bonchev–Trinajstić information content (AvgIpc) is 2.74. The molecule has 7 nitrogen and oxygen atoms in total. The van der Waals surface area contributed by atoms with Crippen molar-refractivity contribution in [3.8, 4) is 0 Å². The molecule has 3 amide bonds. The fraction of sp³-hybridized carbons (Fsp3) is 0.619. The van der Waals surface area contributed by atoms with Crippen LogP contribution < -0.4 is 10.2 Å². The Balaban J connectivity index is 1.33. The van der Waals surface area contributed by atoms with E-state index in [-0.39, 0.29) is 23.7 Å². The minimum atomic E-state index is -0.348. The number of rotatable bonds is 3. The number of nitrogens with zero attached hydrogens (tertiary/aromatic N) is 3. The zero-order chi connectivity index (χ0) is 19.5. The molecule has 1 unspecified atom stereocenters. The molecule has 0 aromatic carbocycles. The Morgan fingerprint density at radius 3 is 2.39 bits per heavy atom. The van der Waals surface area contributed by atoms with Crippen molar-refractivity contribution in [3.63, 3.8) is 0 Å². The Labute approximate surface area is 165 Å². The first-order valence-electron chi connectivity index (χ1n) is 10.4. The number of carbonyl (C=O) groups is 3. The van der Waals surface area contributed by atoms with Crippen LogP contribution >= 0.6 is 0 Å². The Morgan fingerprint density at radius 2 is 1.75 bits per heavy atom. The average molecular weight is 384 g/mol. The fourth-order valence-electron chi connectivity index (χ4n) is 4.52. The Kier molecular flexibility index (Phi) is 5.59. The minimum Gasteiger partial charge on any atom is -0.370 e. The molecule has 0 saturated carbocycles. The summed E-state index contributed by atoms with van der Waals surface area (Å²) in [4.78, 5) is 44.8. The van der Waals surface area contributed by atoms with Gasteiger partial charge in [0.05, 0.1) is 23.5 Å². The number of pyridine rings is 1. The molecule has 3 fully saturated rings. The van der Waals surface area contributed by atoms with Gasteiger partial charge in [0.15, 0.2) is 0 Å². The van der Waals surface area contributed by atoms with Crippen LogP contribution in [0.15, 0.2) is 18.3 Å². The maximum Gasteiger partial charge on any atom is 0.235 e. The highest BCUT2D eigenvalue weighted by Crippen LogP contribution is 2.28. The second-order valence-electron chi connectivity index (χ2n) is 8.09. The van der Waals surface area contributed by atoms with E-state index in [1.807, 2.05) is 18.3 Å². The lowest BCUT2D eigenvalue weighted by molar-refractivity contribution is -0.137. The van der Waals surface area contributed by atoms with Gasteiger partial charge in [-0.2, -0.15) is 0 Å². The molecule has 4 heterocycles. The molecule has 28 heavy (non-hydrogen) atoms. The summed E-state index contributed by atoms with van der Waals surface area (Å²) in [5.41, 5.74) is 1.74. The van der Waals surface area contributed by atoms with Crippen LogP contribution in [-0.4, -0.2) is 53.8 Å². The highest BCUT2D eigenvalue weighted by atomic mass is 16.2. The topological polar surface area (TPSA) is 82.6 Å². The van der Waals surface area contributed by atoms with Gasteiger partial charge < -0.3 is 9.80 Å². The molecule has 150 valence electrons. The first-order chi connectivity index (χ1) is 13.6. The van der Waals surface area contributed by atoms with E-state index < -0.39 is 0 Å². The van der Waals surface area contributed by atoms with Crippen LogP contribution in [0.2, 0.25) is 0 Å². The van der Waals surface area contributed by atoms with Crippen molar-refractivity contribution in [2.75, 3.05) is 31.1 Å². The quantitative estimate of drug-likeness (QED) is 0.804. The van der Waals surface area contributed by atoms with E-state index in [4.69, 9.17) is 0 Å². The maximum atomic E-state index is 12.7. The smallest absolute Gasteiger partial charge is 0.235 e. The minimum absolute atomic E-state index is 0.144. The van der Waals surface area contributed by atoms with Gasteiger partial charge >= 0.3 is 0 Å². The number of hydrogen-bond acceptors (Lipinski definition) is 5. The number of aromatic nitrogens is 1. The number of hydrogen-bond donors (Lipinski definition) is 1. The van der Waals surface area contributed by atoms with E-state index in [9.17, 15) is 14.4 Å². The van der Waals surface area contributed by atoms with E-state index in [1.165, 1.54) is 6.42 Å². The van der Waals surface area contributed by atoms with Gasteiger partial charge in [0.2, 0.25) is 17.7 Å². The normalized spacial score (nSPS) is 24.2. The third-order valence-electron chi connectivity index (χ3n) is 6.24. The molecule has 1 aromatic heterocycles. The Hall–Kier alpha value is -2.44. The van der Waals surface area contributed by atoms with Crippen molar-refractivity contribution in [3.05, 3.63) is 24.0 Å². The number of likely N-dealkylation sites (tertiary alicyclic amines) is 1. The Bertz CT molecular complexity index is 735. The molecule has 0 aliphatic carbocycles. The van der Waals surface area contributed by atoms with Crippen molar-refractivity contribution >= 4 is 23.4 Å². The molecule has 0 radical (unpaired) electrons. The van der Waals surface area contributed by atoms with Crippen LogP contribution in [0, 0.1) is 5.92 Å². The van der Waals surface area contributed by atoms with Crippen LogP contribution in [0.1, 0.15) is 56.6 Å². The molecule has 1 N–H and O–H groups in total. The van der Waals surface area contributed by atoms with Crippen LogP contribution in [-0.2, 0) is 14.4 Å². The van der Waals surface area contributed by atoms with E-state index >= 15 is 0 Å². The molecular weight excluding hydrogens is 356 g/mol. The second-order valence-corrected chi connectivity index (χ2v) is 8.09. The van der Waals surface area contributed by atoms with Crippen LogP contribution in [0.25, 0.3) is 0 Å². The summed E-state index contributed by atoms with van der Waals surface area (Å²) in [6.45, 7) is 3.54. The number of piperidine rings is 3. The van der Waals surface area contributed by atoms with Crippen LogP contribution in [0.4, 0.5) is 5.69 Å². The molecule has 4 rings (SSSR count). The molecule has 3 aliphatic heterocycles. The van der Waals surface area contributed by atoms with Gasteiger partial charge in [-0.05, 0) is 50.7 Å². The van der Waals surface area contributed by atoms with E-state index in [1.54, 1.807) is 0 Å². The molecule has 3 saturated heterocycles. The summed E-state index contributed by atoms with van der Waals surface area (Å²) in [6.07, 6.45) is 7.95. The molecule has 0 spiro atoms. The van der Waals surface area contributed by atoms with Gasteiger partial charge in [-0.25, -0.2) is 0 Å². The van der Waals surface area contributed by atoms with Crippen molar-refractivity contribution in [1.82, 2.24) is 15.2 Å². The predicted molar refractivity (Wildman–Crippen MR) is 105 cm³/mol. The molecule has 3 aliphatic rings.